The molecular weight excluding hydrogens is 442 g/mol. The van der Waals surface area contributed by atoms with Crippen molar-refractivity contribution in [2.75, 3.05) is 7.11 Å². The summed E-state index contributed by atoms with van der Waals surface area (Å²) in [5.74, 6) is -1.89. The molecule has 2 aromatic rings. The second-order valence-electron chi connectivity index (χ2n) is 8.85. The standard InChI is InChI=1S/C25H29NO6S/c1-32-25(29)23-22(20-14-12-19(13-15-20)18-10-6-3-7-11-18)26(33(23,30)31)21(24(27)28)16-17-8-4-2-5-9-17/h3,6-7,10-15,17,21-23H,2,4-5,8-9,16H2,1H3,(H,27,28)/t21-,22?,23?/m0/s1. The van der Waals surface area contributed by atoms with E-state index in [4.69, 9.17) is 4.74 Å². The fraction of sp³-hybridized carbons (Fsp3) is 0.440. The minimum absolute atomic E-state index is 0.160. The largest absolute Gasteiger partial charge is 0.480 e. The van der Waals surface area contributed by atoms with Crippen molar-refractivity contribution in [1.82, 2.24) is 4.31 Å². The smallest absolute Gasteiger partial charge is 0.327 e. The fourth-order valence-corrected chi connectivity index (χ4v) is 7.25. The Morgan fingerprint density at radius 1 is 1.00 bits per heavy atom. The van der Waals surface area contributed by atoms with Gasteiger partial charge in [0.15, 0.2) is 5.25 Å². The summed E-state index contributed by atoms with van der Waals surface area (Å²) in [4.78, 5) is 24.7. The summed E-state index contributed by atoms with van der Waals surface area (Å²) in [5.41, 5.74) is 2.53. The summed E-state index contributed by atoms with van der Waals surface area (Å²) in [6.07, 6.45) is 5.22. The summed E-state index contributed by atoms with van der Waals surface area (Å²) in [7, 11) is -3.01. The monoisotopic (exact) mass is 471 g/mol. The van der Waals surface area contributed by atoms with Crippen LogP contribution in [0, 0.1) is 5.92 Å². The van der Waals surface area contributed by atoms with E-state index in [2.05, 4.69) is 0 Å². The van der Waals surface area contributed by atoms with Gasteiger partial charge in [-0.1, -0.05) is 86.7 Å². The predicted octanol–water partition coefficient (Wildman–Crippen LogP) is 4.01. The van der Waals surface area contributed by atoms with E-state index in [1.54, 1.807) is 12.1 Å². The Morgan fingerprint density at radius 3 is 2.18 bits per heavy atom. The fourth-order valence-electron chi connectivity index (χ4n) is 5.14. The quantitative estimate of drug-likeness (QED) is 0.613. The van der Waals surface area contributed by atoms with E-state index in [1.165, 1.54) is 0 Å². The van der Waals surface area contributed by atoms with Gasteiger partial charge < -0.3 is 9.84 Å². The van der Waals surface area contributed by atoms with Crippen molar-refractivity contribution in [3.8, 4) is 11.1 Å². The number of carboxylic acids is 1. The highest BCUT2D eigenvalue weighted by atomic mass is 32.2. The molecule has 1 aliphatic heterocycles. The molecule has 1 heterocycles. The summed E-state index contributed by atoms with van der Waals surface area (Å²) in [6, 6.07) is 14.9. The molecule has 2 aliphatic rings. The molecule has 3 atom stereocenters. The van der Waals surface area contributed by atoms with Gasteiger partial charge in [0.2, 0.25) is 10.0 Å². The Kier molecular flexibility index (Phi) is 6.86. The van der Waals surface area contributed by atoms with Gasteiger partial charge in [-0.3, -0.25) is 9.59 Å². The molecule has 1 saturated heterocycles. The van der Waals surface area contributed by atoms with Gasteiger partial charge >= 0.3 is 11.9 Å². The van der Waals surface area contributed by atoms with Gasteiger partial charge in [0.05, 0.1) is 13.2 Å². The molecule has 0 spiro atoms. The van der Waals surface area contributed by atoms with Crippen molar-refractivity contribution >= 4 is 22.0 Å². The van der Waals surface area contributed by atoms with Crippen LogP contribution < -0.4 is 0 Å². The number of benzene rings is 2. The summed E-state index contributed by atoms with van der Waals surface area (Å²) < 4.78 is 32.2. The Balaban J connectivity index is 1.68. The van der Waals surface area contributed by atoms with E-state index in [-0.39, 0.29) is 12.3 Å². The van der Waals surface area contributed by atoms with Crippen molar-refractivity contribution in [1.29, 1.82) is 0 Å². The van der Waals surface area contributed by atoms with Gasteiger partial charge in [-0.25, -0.2) is 8.42 Å². The second-order valence-corrected chi connectivity index (χ2v) is 10.8. The lowest BCUT2D eigenvalue weighted by Crippen LogP contribution is -2.66. The average Bonchev–Trinajstić information content (AvgIpc) is 2.83. The number of rotatable bonds is 7. The minimum atomic E-state index is -4.15. The first kappa shape index (κ1) is 23.4. The number of aliphatic carboxylic acids is 1. The molecule has 2 aromatic carbocycles. The second kappa shape index (κ2) is 9.65. The van der Waals surface area contributed by atoms with Crippen LogP contribution in [0.1, 0.15) is 50.1 Å². The lowest BCUT2D eigenvalue weighted by molar-refractivity contribution is -0.148. The molecule has 8 heteroatoms. The van der Waals surface area contributed by atoms with E-state index in [0.717, 1.165) is 54.6 Å². The molecular formula is C25H29NO6S. The van der Waals surface area contributed by atoms with Gasteiger partial charge in [0.25, 0.3) is 0 Å². The number of sulfonamides is 1. The van der Waals surface area contributed by atoms with E-state index in [9.17, 15) is 23.1 Å². The van der Waals surface area contributed by atoms with Crippen LogP contribution in [0.15, 0.2) is 54.6 Å². The van der Waals surface area contributed by atoms with Gasteiger partial charge in [-0.15, -0.1) is 0 Å². The lowest BCUT2D eigenvalue weighted by Gasteiger charge is -2.48. The number of nitrogens with zero attached hydrogens (tertiary/aromatic N) is 1. The van der Waals surface area contributed by atoms with Crippen molar-refractivity contribution < 1.29 is 27.9 Å². The number of hydrogen-bond donors (Lipinski definition) is 1. The Morgan fingerprint density at radius 2 is 1.61 bits per heavy atom. The summed E-state index contributed by atoms with van der Waals surface area (Å²) in [6.45, 7) is 0. The maximum atomic E-state index is 13.2. The molecule has 1 N–H and O–H groups in total. The van der Waals surface area contributed by atoms with Crippen LogP contribution in [0.3, 0.4) is 0 Å². The third-order valence-corrected chi connectivity index (χ3v) is 9.00. The van der Waals surface area contributed by atoms with Gasteiger partial charge in [0, 0.05) is 0 Å². The molecule has 4 rings (SSSR count). The SMILES string of the molecule is COC(=O)C1C(c2ccc(-c3ccccc3)cc2)N([C@@H](CC2CCCCC2)C(=O)O)S1(=O)=O. The number of carboxylic acid groups (broad SMARTS) is 1. The molecule has 7 nitrogen and oxygen atoms in total. The Bertz CT molecular complexity index is 1090. The van der Waals surface area contributed by atoms with Crippen LogP contribution in [0.4, 0.5) is 0 Å². The van der Waals surface area contributed by atoms with Gasteiger partial charge in [0.1, 0.15) is 6.04 Å². The highest BCUT2D eigenvalue weighted by Gasteiger charge is 2.62. The third kappa shape index (κ3) is 4.54. The Hall–Kier alpha value is -2.71. The summed E-state index contributed by atoms with van der Waals surface area (Å²) in [5, 5.41) is 8.54. The minimum Gasteiger partial charge on any atom is -0.480 e. The number of carbonyl (C=O) groups is 2. The molecule has 0 amide bonds. The number of hydrogen-bond acceptors (Lipinski definition) is 5. The zero-order valence-corrected chi connectivity index (χ0v) is 19.4. The molecule has 1 saturated carbocycles. The molecule has 33 heavy (non-hydrogen) atoms. The zero-order chi connectivity index (χ0) is 23.6. The normalized spacial score (nSPS) is 23.9. The van der Waals surface area contributed by atoms with E-state index < -0.39 is 39.3 Å². The highest BCUT2D eigenvalue weighted by Crippen LogP contribution is 2.46. The molecule has 1 aliphatic carbocycles. The van der Waals surface area contributed by atoms with Crippen LogP contribution in [0.5, 0.6) is 0 Å². The van der Waals surface area contributed by atoms with Gasteiger partial charge in [-0.05, 0) is 29.0 Å². The van der Waals surface area contributed by atoms with Crippen molar-refractivity contribution in [3.05, 3.63) is 60.2 Å². The molecule has 176 valence electrons. The first-order valence-electron chi connectivity index (χ1n) is 11.3. The highest BCUT2D eigenvalue weighted by molar-refractivity contribution is 7.92. The van der Waals surface area contributed by atoms with E-state index >= 15 is 0 Å². The molecule has 2 unspecified atom stereocenters. The lowest BCUT2D eigenvalue weighted by atomic mass is 9.84. The maximum absolute atomic E-state index is 13.2. The molecule has 0 bridgehead atoms. The third-order valence-electron chi connectivity index (χ3n) is 6.84. The predicted molar refractivity (Wildman–Crippen MR) is 124 cm³/mol. The number of carbonyl (C=O) groups excluding carboxylic acids is 1. The van der Waals surface area contributed by atoms with Crippen LogP contribution in [0.2, 0.25) is 0 Å². The van der Waals surface area contributed by atoms with E-state index in [1.807, 2.05) is 42.5 Å². The molecule has 2 fully saturated rings. The zero-order valence-electron chi connectivity index (χ0n) is 18.6. The van der Waals surface area contributed by atoms with Gasteiger partial charge in [-0.2, -0.15) is 4.31 Å². The number of esters is 1. The summed E-state index contributed by atoms with van der Waals surface area (Å²) >= 11 is 0. The van der Waals surface area contributed by atoms with E-state index in [0.29, 0.717) is 5.56 Å². The van der Waals surface area contributed by atoms with Crippen LogP contribution >= 0.6 is 0 Å². The first-order chi connectivity index (χ1) is 15.8. The van der Waals surface area contributed by atoms with Crippen LogP contribution in [-0.2, 0) is 24.3 Å². The van der Waals surface area contributed by atoms with Crippen molar-refractivity contribution in [2.24, 2.45) is 5.92 Å². The Labute approximate surface area is 194 Å². The van der Waals surface area contributed by atoms with Crippen molar-refractivity contribution in [3.63, 3.8) is 0 Å². The first-order valence-corrected chi connectivity index (χ1v) is 12.8. The number of methoxy groups -OCH3 is 1. The van der Waals surface area contributed by atoms with Crippen LogP contribution in [0.25, 0.3) is 11.1 Å². The average molecular weight is 472 g/mol. The van der Waals surface area contributed by atoms with Crippen molar-refractivity contribution in [2.45, 2.75) is 55.9 Å². The number of ether oxygens (including phenoxy) is 1. The topological polar surface area (TPSA) is 101 Å². The maximum Gasteiger partial charge on any atom is 0.327 e. The molecule has 0 aromatic heterocycles. The molecule has 0 radical (unpaired) electrons. The van der Waals surface area contributed by atoms with Crippen LogP contribution in [-0.4, -0.2) is 48.2 Å².